The van der Waals surface area contributed by atoms with Gasteiger partial charge in [0.2, 0.25) is 0 Å². The molecule has 0 aliphatic heterocycles. The van der Waals surface area contributed by atoms with Crippen molar-refractivity contribution in [1.82, 2.24) is 4.98 Å². The first-order valence-electron chi connectivity index (χ1n) is 13.3. The standard InChI is InChI=1S/C36H25F3IN/c1-2-23-17-31(20-33(18-23)36(37,38)39)27-7-9-28(10-8-27)32-19-30-12-11-29(21-35(30)41-22-32)26-5-3-24(4-6-26)25-13-15-34(40)16-14-25/h3-22H,2H2,1H3. The Kier molecular flexibility index (Phi) is 7.39. The molecule has 6 rings (SSSR count). The van der Waals surface area contributed by atoms with Gasteiger partial charge in [-0.3, -0.25) is 4.98 Å². The molecule has 0 unspecified atom stereocenters. The van der Waals surface area contributed by atoms with Crippen LogP contribution in [0.2, 0.25) is 0 Å². The quantitative estimate of drug-likeness (QED) is 0.169. The smallest absolute Gasteiger partial charge is 0.256 e. The molecule has 6 aromatic rings. The lowest BCUT2D eigenvalue weighted by Gasteiger charge is -2.12. The van der Waals surface area contributed by atoms with Gasteiger partial charge in [-0.2, -0.15) is 13.2 Å². The normalized spacial score (nSPS) is 11.6. The second-order valence-electron chi connectivity index (χ2n) is 10.1. The zero-order valence-corrected chi connectivity index (χ0v) is 24.4. The van der Waals surface area contributed by atoms with Gasteiger partial charge in [-0.15, -0.1) is 0 Å². The number of benzene rings is 5. The molecular weight excluding hydrogens is 630 g/mol. The first-order chi connectivity index (χ1) is 19.8. The van der Waals surface area contributed by atoms with Crippen LogP contribution >= 0.6 is 22.6 Å². The lowest BCUT2D eigenvalue weighted by molar-refractivity contribution is -0.137. The molecule has 1 nitrogen and oxygen atoms in total. The number of rotatable bonds is 5. The van der Waals surface area contributed by atoms with E-state index in [0.717, 1.165) is 38.7 Å². The lowest BCUT2D eigenvalue weighted by atomic mass is 9.96. The summed E-state index contributed by atoms with van der Waals surface area (Å²) in [5, 5.41) is 1.02. The Morgan fingerprint density at radius 1 is 0.561 bits per heavy atom. The zero-order valence-electron chi connectivity index (χ0n) is 22.2. The zero-order chi connectivity index (χ0) is 28.6. The van der Waals surface area contributed by atoms with Crippen LogP contribution in [0.15, 0.2) is 121 Å². The van der Waals surface area contributed by atoms with Crippen LogP contribution in [0.4, 0.5) is 13.2 Å². The van der Waals surface area contributed by atoms with Crippen molar-refractivity contribution in [3.63, 3.8) is 0 Å². The molecule has 0 saturated carbocycles. The second kappa shape index (κ2) is 11.1. The first kappa shape index (κ1) is 27.2. The predicted molar refractivity (Wildman–Crippen MR) is 171 cm³/mol. The van der Waals surface area contributed by atoms with Crippen molar-refractivity contribution in [1.29, 1.82) is 0 Å². The average Bonchev–Trinajstić information content (AvgIpc) is 3.00. The van der Waals surface area contributed by atoms with Gasteiger partial charge >= 0.3 is 6.18 Å². The molecule has 0 saturated heterocycles. The summed E-state index contributed by atoms with van der Waals surface area (Å²) >= 11 is 2.31. The van der Waals surface area contributed by atoms with Gasteiger partial charge in [0.1, 0.15) is 0 Å². The monoisotopic (exact) mass is 655 g/mol. The summed E-state index contributed by atoms with van der Waals surface area (Å²) in [7, 11) is 0. The van der Waals surface area contributed by atoms with Gasteiger partial charge in [0.25, 0.3) is 0 Å². The molecule has 202 valence electrons. The van der Waals surface area contributed by atoms with Crippen LogP contribution in [-0.4, -0.2) is 4.98 Å². The van der Waals surface area contributed by atoms with Crippen LogP contribution in [0.5, 0.6) is 0 Å². The van der Waals surface area contributed by atoms with E-state index >= 15 is 0 Å². The van der Waals surface area contributed by atoms with Crippen molar-refractivity contribution >= 4 is 33.5 Å². The minimum atomic E-state index is -4.37. The van der Waals surface area contributed by atoms with E-state index in [1.165, 1.54) is 26.8 Å². The van der Waals surface area contributed by atoms with E-state index in [0.29, 0.717) is 17.5 Å². The molecule has 5 heteroatoms. The number of fused-ring (bicyclic) bond motifs is 1. The highest BCUT2D eigenvalue weighted by atomic mass is 127. The largest absolute Gasteiger partial charge is 0.416 e. The minimum Gasteiger partial charge on any atom is -0.256 e. The summed E-state index contributed by atoms with van der Waals surface area (Å²) in [4.78, 5) is 4.73. The Morgan fingerprint density at radius 2 is 1.07 bits per heavy atom. The van der Waals surface area contributed by atoms with Crippen LogP contribution in [0.25, 0.3) is 55.4 Å². The summed E-state index contributed by atoms with van der Waals surface area (Å²) in [5.41, 5.74) is 8.79. The Balaban J connectivity index is 1.24. The summed E-state index contributed by atoms with van der Waals surface area (Å²) in [6.07, 6.45) is -1.99. The van der Waals surface area contributed by atoms with Gasteiger partial charge in [-0.1, -0.05) is 85.8 Å². The van der Waals surface area contributed by atoms with Gasteiger partial charge in [0, 0.05) is 20.7 Å². The molecule has 1 aromatic heterocycles. The number of aromatic nitrogens is 1. The van der Waals surface area contributed by atoms with Gasteiger partial charge < -0.3 is 0 Å². The molecule has 0 aliphatic carbocycles. The van der Waals surface area contributed by atoms with Crippen LogP contribution in [-0.2, 0) is 12.6 Å². The number of hydrogen-bond donors (Lipinski definition) is 0. The first-order valence-corrected chi connectivity index (χ1v) is 14.4. The van der Waals surface area contributed by atoms with Gasteiger partial charge in [0.05, 0.1) is 11.1 Å². The summed E-state index contributed by atoms with van der Waals surface area (Å²) < 4.78 is 41.5. The number of pyridine rings is 1. The number of alkyl halides is 3. The van der Waals surface area contributed by atoms with Crippen LogP contribution in [0.3, 0.4) is 0 Å². The molecule has 0 radical (unpaired) electrons. The van der Waals surface area contributed by atoms with E-state index in [-0.39, 0.29) is 0 Å². The van der Waals surface area contributed by atoms with Crippen LogP contribution in [0, 0.1) is 3.57 Å². The van der Waals surface area contributed by atoms with Crippen LogP contribution in [0.1, 0.15) is 18.1 Å². The average molecular weight is 656 g/mol. The van der Waals surface area contributed by atoms with Crippen molar-refractivity contribution in [3.05, 3.63) is 136 Å². The molecule has 41 heavy (non-hydrogen) atoms. The summed E-state index contributed by atoms with van der Waals surface area (Å²) in [5.74, 6) is 0. The third kappa shape index (κ3) is 5.91. The highest BCUT2D eigenvalue weighted by Gasteiger charge is 2.31. The molecule has 0 N–H and O–H groups in total. The number of hydrogen-bond acceptors (Lipinski definition) is 1. The van der Waals surface area contributed by atoms with E-state index in [1.807, 2.05) is 43.5 Å². The SMILES string of the molecule is CCc1cc(-c2ccc(-c3cnc4cc(-c5ccc(-c6ccc(I)cc6)cc5)ccc4c3)cc2)cc(C(F)(F)F)c1. The highest BCUT2D eigenvalue weighted by molar-refractivity contribution is 14.1. The molecule has 0 aliphatic rings. The maximum Gasteiger partial charge on any atom is 0.416 e. The molecule has 5 aromatic carbocycles. The minimum absolute atomic E-state index is 0.540. The molecule has 0 amide bonds. The fourth-order valence-corrected chi connectivity index (χ4v) is 5.40. The topological polar surface area (TPSA) is 12.9 Å². The number of aryl methyl sites for hydroxylation is 1. The van der Waals surface area contributed by atoms with E-state index in [4.69, 9.17) is 4.98 Å². The van der Waals surface area contributed by atoms with Crippen molar-refractivity contribution in [3.8, 4) is 44.5 Å². The van der Waals surface area contributed by atoms with E-state index in [9.17, 15) is 13.2 Å². The van der Waals surface area contributed by atoms with E-state index in [1.54, 1.807) is 0 Å². The maximum atomic E-state index is 13.4. The van der Waals surface area contributed by atoms with Gasteiger partial charge in [-0.05, 0) is 110 Å². The predicted octanol–water partition coefficient (Wildman–Crippen LogP) is 11.1. The summed E-state index contributed by atoms with van der Waals surface area (Å²) in [6.45, 7) is 1.86. The Labute approximate surface area is 250 Å². The summed E-state index contributed by atoms with van der Waals surface area (Å²) in [6, 6.07) is 37.3. The highest BCUT2D eigenvalue weighted by Crippen LogP contribution is 2.35. The maximum absolute atomic E-state index is 13.4. The van der Waals surface area contributed by atoms with Crippen molar-refractivity contribution in [2.24, 2.45) is 0 Å². The second-order valence-corrected chi connectivity index (χ2v) is 11.3. The number of nitrogens with zero attached hydrogens (tertiary/aromatic N) is 1. The molecule has 0 atom stereocenters. The van der Waals surface area contributed by atoms with E-state index in [2.05, 4.69) is 95.4 Å². The fraction of sp³-hybridized carbons (Fsp3) is 0.0833. The van der Waals surface area contributed by atoms with Gasteiger partial charge in [-0.25, -0.2) is 0 Å². The lowest BCUT2D eigenvalue weighted by Crippen LogP contribution is -2.06. The molecule has 0 fully saturated rings. The molecule has 1 heterocycles. The number of halogens is 4. The molecular formula is C36H25F3IN. The van der Waals surface area contributed by atoms with Crippen molar-refractivity contribution in [2.75, 3.05) is 0 Å². The van der Waals surface area contributed by atoms with Crippen molar-refractivity contribution in [2.45, 2.75) is 19.5 Å². The Hall–Kier alpha value is -3.97. The molecule has 0 spiro atoms. The third-order valence-electron chi connectivity index (χ3n) is 7.36. The third-order valence-corrected chi connectivity index (χ3v) is 8.08. The van der Waals surface area contributed by atoms with E-state index < -0.39 is 11.7 Å². The molecule has 0 bridgehead atoms. The van der Waals surface area contributed by atoms with Crippen LogP contribution < -0.4 is 0 Å². The van der Waals surface area contributed by atoms with Gasteiger partial charge in [0.15, 0.2) is 0 Å². The Bertz CT molecular complexity index is 1840. The van der Waals surface area contributed by atoms with Crippen molar-refractivity contribution < 1.29 is 13.2 Å². The Morgan fingerprint density at radius 3 is 1.66 bits per heavy atom. The fourth-order valence-electron chi connectivity index (χ4n) is 5.04.